The van der Waals surface area contributed by atoms with Crippen molar-refractivity contribution in [1.82, 2.24) is 15.2 Å². The number of benzene rings is 1. The molecule has 6 heteroatoms. The average Bonchev–Trinajstić information content (AvgIpc) is 3.15. The molecule has 0 spiro atoms. The van der Waals surface area contributed by atoms with Crippen LogP contribution >= 0.6 is 0 Å². The van der Waals surface area contributed by atoms with Crippen LogP contribution in [0, 0.1) is 12.3 Å². The number of esters is 1. The van der Waals surface area contributed by atoms with Gasteiger partial charge in [-0.1, -0.05) is 18.2 Å². The summed E-state index contributed by atoms with van der Waals surface area (Å²) in [7, 11) is 1.39. The molecule has 1 aliphatic heterocycles. The van der Waals surface area contributed by atoms with Gasteiger partial charge in [-0.15, -0.1) is 0 Å². The number of carbonyl (C=O) groups is 2. The number of likely N-dealkylation sites (tertiary alicyclic amines) is 1. The van der Waals surface area contributed by atoms with Crippen LogP contribution in [0.3, 0.4) is 0 Å². The summed E-state index contributed by atoms with van der Waals surface area (Å²) in [5.74, 6) is -0.253. The summed E-state index contributed by atoms with van der Waals surface area (Å²) < 4.78 is 4.85. The number of aromatic amines is 1. The highest BCUT2D eigenvalue weighted by atomic mass is 16.5. The van der Waals surface area contributed by atoms with Gasteiger partial charge in [-0.3, -0.25) is 4.79 Å². The second-order valence-corrected chi connectivity index (χ2v) is 6.98. The average molecular weight is 343 g/mol. The zero-order chi connectivity index (χ0) is 18.0. The first kappa shape index (κ1) is 17.3. The van der Waals surface area contributed by atoms with Crippen molar-refractivity contribution < 1.29 is 14.3 Å². The van der Waals surface area contributed by atoms with Crippen LogP contribution in [-0.2, 0) is 16.0 Å². The number of methoxy groups -OCH3 is 1. The van der Waals surface area contributed by atoms with Crippen molar-refractivity contribution in [2.75, 3.05) is 26.7 Å². The number of aromatic nitrogens is 1. The minimum Gasteiger partial charge on any atom is -0.469 e. The van der Waals surface area contributed by atoms with Crippen LogP contribution in [0.5, 0.6) is 0 Å². The van der Waals surface area contributed by atoms with Crippen molar-refractivity contribution in [2.45, 2.75) is 26.7 Å². The van der Waals surface area contributed by atoms with Gasteiger partial charge in [-0.05, 0) is 38.3 Å². The second-order valence-electron chi connectivity index (χ2n) is 6.98. The van der Waals surface area contributed by atoms with E-state index in [4.69, 9.17) is 4.74 Å². The third kappa shape index (κ3) is 3.34. The van der Waals surface area contributed by atoms with E-state index in [1.165, 1.54) is 18.1 Å². The molecule has 1 aliphatic rings. The fourth-order valence-corrected chi connectivity index (χ4v) is 3.61. The minimum atomic E-state index is -0.598. The van der Waals surface area contributed by atoms with Gasteiger partial charge >= 0.3 is 12.0 Å². The van der Waals surface area contributed by atoms with Gasteiger partial charge in [0.1, 0.15) is 0 Å². The largest absolute Gasteiger partial charge is 0.469 e. The number of ether oxygens (including phenoxy) is 1. The normalized spacial score (nSPS) is 20.0. The molecule has 25 heavy (non-hydrogen) atoms. The Hall–Kier alpha value is -2.50. The number of nitrogens with zero attached hydrogens (tertiary/aromatic N) is 1. The number of aryl methyl sites for hydroxylation is 1. The van der Waals surface area contributed by atoms with Crippen molar-refractivity contribution in [3.63, 3.8) is 0 Å². The van der Waals surface area contributed by atoms with Crippen molar-refractivity contribution in [2.24, 2.45) is 5.41 Å². The van der Waals surface area contributed by atoms with Gasteiger partial charge in [0.2, 0.25) is 0 Å². The van der Waals surface area contributed by atoms with Crippen molar-refractivity contribution in [3.8, 4) is 0 Å². The quantitative estimate of drug-likeness (QED) is 0.838. The molecule has 0 aliphatic carbocycles. The molecule has 1 aromatic heterocycles. The Bertz CT molecular complexity index is 798. The van der Waals surface area contributed by atoms with E-state index < -0.39 is 5.41 Å². The van der Waals surface area contributed by atoms with Crippen molar-refractivity contribution in [3.05, 3.63) is 35.5 Å². The first-order valence-corrected chi connectivity index (χ1v) is 8.62. The second kappa shape index (κ2) is 6.78. The van der Waals surface area contributed by atoms with Crippen LogP contribution in [0.15, 0.2) is 24.3 Å². The number of para-hydroxylation sites is 1. The van der Waals surface area contributed by atoms with Crippen molar-refractivity contribution >= 4 is 22.9 Å². The number of fused-ring (bicyclic) bond motifs is 1. The fraction of sp³-hybridized carbons (Fsp3) is 0.474. The smallest absolute Gasteiger partial charge is 0.317 e. The standard InChI is InChI=1S/C19H25N3O3/c1-13-14(15-6-4-5-7-16(15)21-13)8-10-20-18(24)22-11-9-19(2,12-22)17(23)25-3/h4-7,21H,8-12H2,1-3H3,(H,20,24)/t19-/m0/s1. The third-order valence-corrected chi connectivity index (χ3v) is 5.12. The van der Waals surface area contributed by atoms with Gasteiger partial charge in [0, 0.05) is 36.2 Å². The van der Waals surface area contributed by atoms with E-state index in [1.54, 1.807) is 4.90 Å². The van der Waals surface area contributed by atoms with E-state index in [0.29, 0.717) is 26.1 Å². The molecule has 1 atom stereocenters. The Balaban J connectivity index is 1.56. The van der Waals surface area contributed by atoms with Crippen LogP contribution in [0.1, 0.15) is 24.6 Å². The molecule has 0 saturated carbocycles. The van der Waals surface area contributed by atoms with Crippen LogP contribution in [0.2, 0.25) is 0 Å². The lowest BCUT2D eigenvalue weighted by Gasteiger charge is -2.22. The summed E-state index contributed by atoms with van der Waals surface area (Å²) in [6.45, 7) is 5.44. The predicted molar refractivity (Wildman–Crippen MR) is 96.5 cm³/mol. The molecule has 2 aromatic rings. The number of amides is 2. The van der Waals surface area contributed by atoms with Crippen LogP contribution < -0.4 is 5.32 Å². The zero-order valence-electron chi connectivity index (χ0n) is 15.0. The van der Waals surface area contributed by atoms with Gasteiger partial charge in [0.05, 0.1) is 12.5 Å². The first-order valence-electron chi connectivity index (χ1n) is 8.62. The molecule has 2 amide bonds. The molecule has 2 N–H and O–H groups in total. The van der Waals surface area contributed by atoms with Gasteiger partial charge in [0.25, 0.3) is 0 Å². The van der Waals surface area contributed by atoms with E-state index in [-0.39, 0.29) is 12.0 Å². The van der Waals surface area contributed by atoms with Gasteiger partial charge in [0.15, 0.2) is 0 Å². The molecule has 134 valence electrons. The van der Waals surface area contributed by atoms with Gasteiger partial charge in [-0.25, -0.2) is 4.79 Å². The van der Waals surface area contributed by atoms with E-state index in [0.717, 1.165) is 17.6 Å². The Morgan fingerprint density at radius 3 is 2.88 bits per heavy atom. The summed E-state index contributed by atoms with van der Waals surface area (Å²) in [6.07, 6.45) is 1.40. The monoisotopic (exact) mass is 343 g/mol. The molecule has 3 rings (SSSR count). The third-order valence-electron chi connectivity index (χ3n) is 5.12. The maximum absolute atomic E-state index is 12.4. The Morgan fingerprint density at radius 2 is 2.12 bits per heavy atom. The van der Waals surface area contributed by atoms with Crippen LogP contribution in [0.4, 0.5) is 4.79 Å². The summed E-state index contributed by atoms with van der Waals surface area (Å²) >= 11 is 0. The van der Waals surface area contributed by atoms with Crippen LogP contribution in [-0.4, -0.2) is 48.6 Å². The zero-order valence-corrected chi connectivity index (χ0v) is 15.0. The summed E-state index contributed by atoms with van der Waals surface area (Å²) in [5, 5.41) is 4.17. The molecule has 1 saturated heterocycles. The number of rotatable bonds is 4. The summed E-state index contributed by atoms with van der Waals surface area (Å²) in [5.41, 5.74) is 2.89. The van der Waals surface area contributed by atoms with E-state index >= 15 is 0 Å². The first-order chi connectivity index (χ1) is 11.9. The topological polar surface area (TPSA) is 74.4 Å². The van der Waals surface area contributed by atoms with Gasteiger partial charge < -0.3 is 19.9 Å². The summed E-state index contributed by atoms with van der Waals surface area (Å²) in [6, 6.07) is 8.07. The predicted octanol–water partition coefficient (Wildman–Crippen LogP) is 2.61. The molecule has 0 radical (unpaired) electrons. The van der Waals surface area contributed by atoms with Crippen LogP contribution in [0.25, 0.3) is 10.9 Å². The highest BCUT2D eigenvalue weighted by molar-refractivity contribution is 5.84. The molecule has 0 unspecified atom stereocenters. The maximum Gasteiger partial charge on any atom is 0.317 e. The highest BCUT2D eigenvalue weighted by Crippen LogP contribution is 2.31. The number of nitrogens with one attached hydrogen (secondary N) is 2. The molecule has 1 aromatic carbocycles. The van der Waals surface area contributed by atoms with Crippen molar-refractivity contribution in [1.29, 1.82) is 0 Å². The molecule has 1 fully saturated rings. The Labute approximate surface area is 147 Å². The summed E-state index contributed by atoms with van der Waals surface area (Å²) in [4.78, 5) is 29.3. The lowest BCUT2D eigenvalue weighted by molar-refractivity contribution is -0.150. The molecule has 0 bridgehead atoms. The number of hydrogen-bond donors (Lipinski definition) is 2. The van der Waals surface area contributed by atoms with Gasteiger partial charge in [-0.2, -0.15) is 0 Å². The number of H-pyrrole nitrogens is 1. The lowest BCUT2D eigenvalue weighted by Crippen LogP contribution is -2.41. The Morgan fingerprint density at radius 1 is 1.36 bits per heavy atom. The molecular weight excluding hydrogens is 318 g/mol. The number of carbonyl (C=O) groups excluding carboxylic acids is 2. The Kier molecular flexibility index (Phi) is 4.70. The number of hydrogen-bond acceptors (Lipinski definition) is 3. The highest BCUT2D eigenvalue weighted by Gasteiger charge is 2.42. The van der Waals surface area contributed by atoms with E-state index in [1.807, 2.05) is 19.1 Å². The molecule has 6 nitrogen and oxygen atoms in total. The maximum atomic E-state index is 12.4. The van der Waals surface area contributed by atoms with E-state index in [2.05, 4.69) is 29.4 Å². The SMILES string of the molecule is COC(=O)[C@@]1(C)CCN(C(=O)NCCc2c(C)[nH]c3ccccc23)C1. The van der Waals surface area contributed by atoms with E-state index in [9.17, 15) is 9.59 Å². The number of urea groups is 1. The lowest BCUT2D eigenvalue weighted by atomic mass is 9.90. The molecule has 2 heterocycles. The fourth-order valence-electron chi connectivity index (χ4n) is 3.61. The minimum absolute atomic E-state index is 0.120. The molecular formula is C19H25N3O3.